The largest absolute Gasteiger partial charge is 0.322 e. The van der Waals surface area contributed by atoms with Gasteiger partial charge in [-0.2, -0.15) is 0 Å². The molecular formula is C14H18BrN3S. The van der Waals surface area contributed by atoms with Gasteiger partial charge in [-0.25, -0.2) is 4.98 Å². The molecule has 0 aliphatic carbocycles. The molecule has 0 aliphatic rings. The molecular weight excluding hydrogens is 322 g/mol. The van der Waals surface area contributed by atoms with Crippen molar-refractivity contribution in [1.82, 2.24) is 9.97 Å². The van der Waals surface area contributed by atoms with Gasteiger partial charge in [0, 0.05) is 27.9 Å². The highest BCUT2D eigenvalue weighted by molar-refractivity contribution is 9.10. The van der Waals surface area contributed by atoms with Crippen LogP contribution in [0.3, 0.4) is 0 Å². The van der Waals surface area contributed by atoms with Crippen LogP contribution in [0.15, 0.2) is 28.2 Å². The summed E-state index contributed by atoms with van der Waals surface area (Å²) >= 11 is 5.16. The molecule has 0 amide bonds. The maximum atomic E-state index is 6.22. The number of nitrogens with two attached hydrogens (primary N) is 1. The highest BCUT2D eigenvalue weighted by Crippen LogP contribution is 2.27. The maximum absolute atomic E-state index is 6.22. The summed E-state index contributed by atoms with van der Waals surface area (Å²) < 4.78 is 0.954. The quantitative estimate of drug-likeness (QED) is 0.924. The molecule has 0 fully saturated rings. The van der Waals surface area contributed by atoms with E-state index in [1.807, 2.05) is 12.1 Å². The van der Waals surface area contributed by atoms with Gasteiger partial charge in [-0.15, -0.1) is 11.3 Å². The van der Waals surface area contributed by atoms with Crippen molar-refractivity contribution in [3.63, 3.8) is 0 Å². The summed E-state index contributed by atoms with van der Waals surface area (Å²) in [5.41, 5.74) is 8.32. The first kappa shape index (κ1) is 14.6. The van der Waals surface area contributed by atoms with Crippen LogP contribution in [0.25, 0.3) is 0 Å². The highest BCUT2D eigenvalue weighted by atomic mass is 79.9. The van der Waals surface area contributed by atoms with E-state index >= 15 is 0 Å². The molecule has 1 atom stereocenters. The van der Waals surface area contributed by atoms with Crippen molar-refractivity contribution in [2.45, 2.75) is 38.6 Å². The van der Waals surface area contributed by atoms with Crippen molar-refractivity contribution in [2.24, 2.45) is 5.73 Å². The molecule has 0 bridgehead atoms. The van der Waals surface area contributed by atoms with Gasteiger partial charge in [-0.3, -0.25) is 4.98 Å². The summed E-state index contributed by atoms with van der Waals surface area (Å²) in [6.07, 6.45) is 2.48. The first-order chi connectivity index (χ1) is 8.88. The normalized spacial score (nSPS) is 13.5. The fraction of sp³-hybridized carbons (Fsp3) is 0.429. The van der Waals surface area contributed by atoms with Crippen LogP contribution < -0.4 is 5.73 Å². The first-order valence-corrected chi connectivity index (χ1v) is 7.86. The smallest absolute Gasteiger partial charge is 0.0948 e. The lowest BCUT2D eigenvalue weighted by atomic mass is 9.93. The number of aromatic nitrogens is 2. The summed E-state index contributed by atoms with van der Waals surface area (Å²) in [7, 11) is 0. The molecule has 0 saturated heterocycles. The summed E-state index contributed by atoms with van der Waals surface area (Å²) in [5.74, 6) is 0. The van der Waals surface area contributed by atoms with Gasteiger partial charge in [-0.1, -0.05) is 20.8 Å². The lowest BCUT2D eigenvalue weighted by molar-refractivity contribution is 0.568. The zero-order valence-electron chi connectivity index (χ0n) is 11.4. The molecule has 2 heterocycles. The Labute approximate surface area is 126 Å². The molecule has 19 heavy (non-hydrogen) atoms. The Morgan fingerprint density at radius 1 is 1.42 bits per heavy atom. The van der Waals surface area contributed by atoms with Crippen molar-refractivity contribution in [3.05, 3.63) is 44.6 Å². The van der Waals surface area contributed by atoms with Gasteiger partial charge in [0.2, 0.25) is 0 Å². The third-order valence-electron chi connectivity index (χ3n) is 2.85. The Kier molecular flexibility index (Phi) is 4.38. The van der Waals surface area contributed by atoms with Gasteiger partial charge in [-0.05, 0) is 28.1 Å². The lowest BCUT2D eigenvalue weighted by Gasteiger charge is -2.14. The fourth-order valence-electron chi connectivity index (χ4n) is 1.70. The molecule has 3 nitrogen and oxygen atoms in total. The second kappa shape index (κ2) is 5.69. The van der Waals surface area contributed by atoms with Gasteiger partial charge in [0.15, 0.2) is 0 Å². The van der Waals surface area contributed by atoms with E-state index in [9.17, 15) is 0 Å². The molecule has 0 radical (unpaired) electrons. The Bertz CT molecular complexity index is 560. The Morgan fingerprint density at radius 3 is 2.74 bits per heavy atom. The zero-order valence-corrected chi connectivity index (χ0v) is 13.8. The molecule has 0 aromatic carbocycles. The summed E-state index contributed by atoms with van der Waals surface area (Å²) in [6.45, 7) is 6.50. The Balaban J connectivity index is 2.14. The number of hydrogen-bond donors (Lipinski definition) is 1. The zero-order chi connectivity index (χ0) is 14.0. The number of thiazole rings is 1. The first-order valence-electron chi connectivity index (χ1n) is 6.19. The SMILES string of the molecule is CC(C)(C)c1csc(CC(N)c2ncccc2Br)n1. The van der Waals surface area contributed by atoms with Crippen molar-refractivity contribution >= 4 is 27.3 Å². The topological polar surface area (TPSA) is 51.8 Å². The van der Waals surface area contributed by atoms with E-state index in [-0.39, 0.29) is 11.5 Å². The molecule has 102 valence electrons. The molecule has 2 rings (SSSR count). The fourth-order valence-corrected chi connectivity index (χ4v) is 3.33. The van der Waals surface area contributed by atoms with E-state index in [0.717, 1.165) is 27.3 Å². The minimum absolute atomic E-state index is 0.0877. The van der Waals surface area contributed by atoms with Crippen LogP contribution in [-0.4, -0.2) is 9.97 Å². The van der Waals surface area contributed by atoms with Gasteiger partial charge >= 0.3 is 0 Å². The number of hydrogen-bond acceptors (Lipinski definition) is 4. The second-order valence-corrected chi connectivity index (χ2v) is 7.35. The minimum atomic E-state index is -0.130. The van der Waals surface area contributed by atoms with E-state index < -0.39 is 0 Å². The maximum Gasteiger partial charge on any atom is 0.0948 e. The summed E-state index contributed by atoms with van der Waals surface area (Å²) in [5, 5.41) is 3.19. The van der Waals surface area contributed by atoms with Crippen LogP contribution in [0.5, 0.6) is 0 Å². The van der Waals surface area contributed by atoms with E-state index in [2.05, 4.69) is 52.0 Å². The Hall–Kier alpha value is -0.780. The summed E-state index contributed by atoms with van der Waals surface area (Å²) in [6, 6.07) is 3.72. The van der Waals surface area contributed by atoms with Crippen LogP contribution >= 0.6 is 27.3 Å². The number of nitrogens with zero attached hydrogens (tertiary/aromatic N) is 2. The lowest BCUT2D eigenvalue weighted by Crippen LogP contribution is -2.16. The molecule has 2 N–H and O–H groups in total. The van der Waals surface area contributed by atoms with Crippen LogP contribution in [0.1, 0.15) is 43.2 Å². The highest BCUT2D eigenvalue weighted by Gasteiger charge is 2.19. The number of halogens is 1. The molecule has 0 saturated carbocycles. The third kappa shape index (κ3) is 3.61. The molecule has 2 aromatic rings. The van der Waals surface area contributed by atoms with E-state index in [4.69, 9.17) is 5.73 Å². The number of pyridine rings is 1. The van der Waals surface area contributed by atoms with Gasteiger partial charge in [0.05, 0.1) is 22.4 Å². The van der Waals surface area contributed by atoms with Gasteiger partial charge in [0.25, 0.3) is 0 Å². The predicted octanol–water partition coefficient (Wildman–Crippen LogP) is 3.84. The van der Waals surface area contributed by atoms with E-state index in [0.29, 0.717) is 0 Å². The summed E-state index contributed by atoms with van der Waals surface area (Å²) in [4.78, 5) is 9.01. The monoisotopic (exact) mass is 339 g/mol. The van der Waals surface area contributed by atoms with Crippen molar-refractivity contribution in [3.8, 4) is 0 Å². The predicted molar refractivity (Wildman–Crippen MR) is 83.4 cm³/mol. The average Bonchev–Trinajstić information content (AvgIpc) is 2.77. The van der Waals surface area contributed by atoms with Crippen LogP contribution in [0, 0.1) is 0 Å². The van der Waals surface area contributed by atoms with Crippen molar-refractivity contribution < 1.29 is 0 Å². The molecule has 5 heteroatoms. The average molecular weight is 340 g/mol. The van der Waals surface area contributed by atoms with Crippen molar-refractivity contribution in [2.75, 3.05) is 0 Å². The van der Waals surface area contributed by atoms with Crippen LogP contribution in [0.4, 0.5) is 0 Å². The van der Waals surface area contributed by atoms with E-state index in [1.54, 1.807) is 17.5 Å². The molecule has 0 aliphatic heterocycles. The molecule has 2 aromatic heterocycles. The van der Waals surface area contributed by atoms with Crippen molar-refractivity contribution in [1.29, 1.82) is 0 Å². The molecule has 0 spiro atoms. The second-order valence-electron chi connectivity index (χ2n) is 5.56. The van der Waals surface area contributed by atoms with Crippen LogP contribution in [-0.2, 0) is 11.8 Å². The van der Waals surface area contributed by atoms with E-state index in [1.165, 1.54) is 0 Å². The van der Waals surface area contributed by atoms with Crippen LogP contribution in [0.2, 0.25) is 0 Å². The number of rotatable bonds is 3. The van der Waals surface area contributed by atoms with Gasteiger partial charge in [0.1, 0.15) is 0 Å². The third-order valence-corrected chi connectivity index (χ3v) is 4.39. The van der Waals surface area contributed by atoms with Gasteiger partial charge < -0.3 is 5.73 Å². The Morgan fingerprint density at radius 2 is 2.16 bits per heavy atom. The standard InChI is InChI=1S/C14H18BrN3S/c1-14(2,3)11-8-19-12(18-11)7-10(16)13-9(15)5-4-6-17-13/h4-6,8,10H,7,16H2,1-3H3. The molecule has 1 unspecified atom stereocenters. The minimum Gasteiger partial charge on any atom is -0.322 e.